The lowest BCUT2D eigenvalue weighted by molar-refractivity contribution is -0.140. The van der Waals surface area contributed by atoms with Crippen molar-refractivity contribution in [1.29, 1.82) is 0 Å². The van der Waals surface area contributed by atoms with Crippen molar-refractivity contribution in [3.05, 3.63) is 113 Å². The molecule has 2 heterocycles. The molecule has 0 aliphatic carbocycles. The quantitative estimate of drug-likeness (QED) is 0.217. The van der Waals surface area contributed by atoms with E-state index in [1.807, 2.05) is 55.5 Å². The van der Waals surface area contributed by atoms with E-state index in [0.717, 1.165) is 16.9 Å². The van der Waals surface area contributed by atoms with E-state index < -0.39 is 17.7 Å². The van der Waals surface area contributed by atoms with Crippen molar-refractivity contribution in [3.63, 3.8) is 0 Å². The number of fused-ring (bicyclic) bond motifs is 1. The third kappa shape index (κ3) is 4.38. The van der Waals surface area contributed by atoms with E-state index in [1.165, 1.54) is 4.90 Å². The van der Waals surface area contributed by atoms with Gasteiger partial charge in [0.1, 0.15) is 30.0 Å². The van der Waals surface area contributed by atoms with Crippen LogP contribution < -0.4 is 9.47 Å². The molecule has 1 N–H and O–H groups in total. The summed E-state index contributed by atoms with van der Waals surface area (Å²) in [5.41, 5.74) is 3.05. The smallest absolute Gasteiger partial charge is 0.295 e. The molecule has 6 heteroatoms. The fourth-order valence-electron chi connectivity index (χ4n) is 4.82. The second-order valence-electron chi connectivity index (χ2n) is 9.04. The van der Waals surface area contributed by atoms with Crippen LogP contribution in [0.5, 0.6) is 11.5 Å². The number of ketones is 1. The first-order valence-electron chi connectivity index (χ1n) is 11.9. The predicted octanol–water partition coefficient (Wildman–Crippen LogP) is 5.20. The number of nitrogens with zero attached hydrogens (tertiary/aromatic N) is 1. The van der Waals surface area contributed by atoms with Crippen LogP contribution in [0.2, 0.25) is 0 Å². The zero-order valence-electron chi connectivity index (χ0n) is 20.0. The molecule has 182 valence electrons. The minimum absolute atomic E-state index is 0.0483. The Balaban J connectivity index is 1.62. The Morgan fingerprint density at radius 1 is 1.11 bits per heavy atom. The highest BCUT2D eigenvalue weighted by atomic mass is 16.5. The largest absolute Gasteiger partial charge is 0.507 e. The number of amides is 1. The SMILES string of the molecule is C=CCOc1cccc([C@@H]2C(=C(O)c3ccc4c(c3)C[C@@H](C)O4)C(=O)C(=O)N2Cc2ccccc2)c1. The van der Waals surface area contributed by atoms with Gasteiger partial charge < -0.3 is 19.5 Å². The minimum Gasteiger partial charge on any atom is -0.507 e. The van der Waals surface area contributed by atoms with E-state index in [1.54, 1.807) is 30.3 Å². The van der Waals surface area contributed by atoms with Crippen LogP contribution in [0.25, 0.3) is 5.76 Å². The third-order valence-electron chi connectivity index (χ3n) is 6.45. The van der Waals surface area contributed by atoms with Gasteiger partial charge in [-0.25, -0.2) is 0 Å². The number of carbonyl (C=O) groups excluding carboxylic acids is 2. The zero-order chi connectivity index (χ0) is 25.2. The highest BCUT2D eigenvalue weighted by Crippen LogP contribution is 2.42. The van der Waals surface area contributed by atoms with Crippen LogP contribution in [0.3, 0.4) is 0 Å². The molecule has 1 fully saturated rings. The van der Waals surface area contributed by atoms with Crippen LogP contribution in [0.4, 0.5) is 0 Å². The van der Waals surface area contributed by atoms with Gasteiger partial charge in [-0.05, 0) is 53.9 Å². The molecule has 0 unspecified atom stereocenters. The third-order valence-corrected chi connectivity index (χ3v) is 6.45. The molecule has 0 aromatic heterocycles. The van der Waals surface area contributed by atoms with E-state index >= 15 is 0 Å². The van der Waals surface area contributed by atoms with Gasteiger partial charge in [0.25, 0.3) is 11.7 Å². The number of aliphatic hydroxyl groups is 1. The molecule has 5 rings (SSSR count). The Bertz CT molecular complexity index is 1360. The maximum absolute atomic E-state index is 13.4. The lowest BCUT2D eigenvalue weighted by Gasteiger charge is -2.26. The van der Waals surface area contributed by atoms with Crippen molar-refractivity contribution in [2.75, 3.05) is 6.61 Å². The lowest BCUT2D eigenvalue weighted by atomic mass is 9.94. The summed E-state index contributed by atoms with van der Waals surface area (Å²) in [4.78, 5) is 28.2. The van der Waals surface area contributed by atoms with Crippen LogP contribution in [0, 0.1) is 0 Å². The van der Waals surface area contributed by atoms with Crippen LogP contribution in [0.15, 0.2) is 91.0 Å². The first-order valence-corrected chi connectivity index (χ1v) is 11.9. The van der Waals surface area contributed by atoms with Crippen LogP contribution >= 0.6 is 0 Å². The highest BCUT2D eigenvalue weighted by Gasteiger charge is 2.46. The van der Waals surface area contributed by atoms with Gasteiger partial charge in [-0.3, -0.25) is 9.59 Å². The van der Waals surface area contributed by atoms with Crippen molar-refractivity contribution in [3.8, 4) is 11.5 Å². The number of rotatable bonds is 7. The molecule has 1 amide bonds. The molecule has 3 aromatic carbocycles. The second-order valence-corrected chi connectivity index (χ2v) is 9.04. The maximum Gasteiger partial charge on any atom is 0.295 e. The van der Waals surface area contributed by atoms with E-state index in [-0.39, 0.29) is 24.0 Å². The minimum atomic E-state index is -0.777. The number of ether oxygens (including phenoxy) is 2. The summed E-state index contributed by atoms with van der Waals surface area (Å²) in [6.45, 7) is 6.21. The standard InChI is InChI=1S/C30H27NO5/c1-3-14-35-24-11-7-10-21(17-24)27-26(28(32)22-12-13-25-23(16-22)15-19(2)36-25)29(33)30(34)31(27)18-20-8-5-4-6-9-20/h3-13,16-17,19,27,32H,1,14-15,18H2,2H3/t19-,27-/m1/s1. The van der Waals surface area contributed by atoms with Crippen LogP contribution in [0.1, 0.15) is 35.2 Å². The van der Waals surface area contributed by atoms with Gasteiger partial charge in [-0.15, -0.1) is 0 Å². The summed E-state index contributed by atoms with van der Waals surface area (Å²) < 4.78 is 11.5. The zero-order valence-corrected chi connectivity index (χ0v) is 20.0. The molecule has 2 aliphatic rings. The summed E-state index contributed by atoms with van der Waals surface area (Å²) in [5.74, 6) is -0.209. The summed E-state index contributed by atoms with van der Waals surface area (Å²) in [7, 11) is 0. The Kier molecular flexibility index (Phi) is 6.34. The first kappa shape index (κ1) is 23.4. The van der Waals surface area contributed by atoms with Gasteiger partial charge in [0.2, 0.25) is 0 Å². The molecule has 0 spiro atoms. The number of carbonyl (C=O) groups is 2. The topological polar surface area (TPSA) is 76.1 Å². The summed E-state index contributed by atoms with van der Waals surface area (Å²) in [6.07, 6.45) is 2.41. The van der Waals surface area contributed by atoms with E-state index in [4.69, 9.17) is 9.47 Å². The average molecular weight is 482 g/mol. The number of hydrogen-bond donors (Lipinski definition) is 1. The maximum atomic E-state index is 13.4. The number of Topliss-reactive ketones (excluding diaryl/α,β-unsaturated/α-hetero) is 1. The van der Waals surface area contributed by atoms with Gasteiger partial charge in [-0.1, -0.05) is 55.1 Å². The van der Waals surface area contributed by atoms with Crippen LogP contribution in [-0.4, -0.2) is 34.4 Å². The average Bonchev–Trinajstić information content (AvgIpc) is 3.39. The lowest BCUT2D eigenvalue weighted by Crippen LogP contribution is -2.29. The molecule has 1 saturated heterocycles. The molecule has 0 saturated carbocycles. The molecule has 2 atom stereocenters. The predicted molar refractivity (Wildman–Crippen MR) is 137 cm³/mol. The fourth-order valence-corrected chi connectivity index (χ4v) is 4.82. The summed E-state index contributed by atoms with van der Waals surface area (Å²) in [5, 5.41) is 11.4. The fraction of sp³-hybridized carbons (Fsp3) is 0.200. The summed E-state index contributed by atoms with van der Waals surface area (Å²) >= 11 is 0. The van der Waals surface area contributed by atoms with Crippen molar-refractivity contribution in [2.24, 2.45) is 0 Å². The molecule has 0 radical (unpaired) electrons. The monoisotopic (exact) mass is 481 g/mol. The summed E-state index contributed by atoms with van der Waals surface area (Å²) in [6, 6.07) is 21.3. The number of likely N-dealkylation sites (tertiary alicyclic amines) is 1. The first-order chi connectivity index (χ1) is 17.5. The van der Waals surface area contributed by atoms with Gasteiger partial charge in [-0.2, -0.15) is 0 Å². The normalized spacial score (nSPS) is 20.2. The van der Waals surface area contributed by atoms with Crippen molar-refractivity contribution >= 4 is 17.4 Å². The highest BCUT2D eigenvalue weighted by molar-refractivity contribution is 6.46. The van der Waals surface area contributed by atoms with E-state index in [2.05, 4.69) is 6.58 Å². The molecule has 0 bridgehead atoms. The Morgan fingerprint density at radius 3 is 2.69 bits per heavy atom. The van der Waals surface area contributed by atoms with Gasteiger partial charge >= 0.3 is 0 Å². The van der Waals surface area contributed by atoms with Crippen molar-refractivity contribution in [2.45, 2.75) is 32.0 Å². The van der Waals surface area contributed by atoms with E-state index in [0.29, 0.717) is 29.9 Å². The molecular formula is C30H27NO5. The number of aliphatic hydroxyl groups excluding tert-OH is 1. The molecule has 36 heavy (non-hydrogen) atoms. The van der Waals surface area contributed by atoms with Gasteiger partial charge in [0.15, 0.2) is 0 Å². The van der Waals surface area contributed by atoms with Crippen molar-refractivity contribution < 1.29 is 24.2 Å². The van der Waals surface area contributed by atoms with Crippen LogP contribution in [-0.2, 0) is 22.6 Å². The number of hydrogen-bond acceptors (Lipinski definition) is 5. The Morgan fingerprint density at radius 2 is 1.92 bits per heavy atom. The molecule has 3 aromatic rings. The Labute approximate surface area is 210 Å². The molecule has 2 aliphatic heterocycles. The van der Waals surface area contributed by atoms with Gasteiger partial charge in [0.05, 0.1) is 11.6 Å². The Hall–Kier alpha value is -4.32. The van der Waals surface area contributed by atoms with Gasteiger partial charge in [0, 0.05) is 18.5 Å². The molecule has 6 nitrogen and oxygen atoms in total. The second kappa shape index (κ2) is 9.74. The number of benzene rings is 3. The molecular weight excluding hydrogens is 454 g/mol. The van der Waals surface area contributed by atoms with Crippen molar-refractivity contribution in [1.82, 2.24) is 4.90 Å². The van der Waals surface area contributed by atoms with E-state index in [9.17, 15) is 14.7 Å².